The average Bonchev–Trinajstić information content (AvgIpc) is 3.13. The molecule has 0 aliphatic carbocycles. The number of allylic oxidation sites excluding steroid dienone is 1. The maximum atomic E-state index is 13.2. The number of aromatic nitrogens is 2. The highest BCUT2D eigenvalue weighted by atomic mass is 35.5. The number of hydrogen-bond acceptors (Lipinski definition) is 3. The molecule has 0 radical (unpaired) electrons. The van der Waals surface area contributed by atoms with Crippen molar-refractivity contribution in [3.05, 3.63) is 101 Å². The molecule has 0 bridgehead atoms. The van der Waals surface area contributed by atoms with Gasteiger partial charge in [-0.3, -0.25) is 9.81 Å². The largest absolute Gasteiger partial charge is 0.404 e. The monoisotopic (exact) mass is 390 g/mol. The second-order valence-electron chi connectivity index (χ2n) is 6.26. The summed E-state index contributed by atoms with van der Waals surface area (Å²) in [5, 5.41) is 9.16. The van der Waals surface area contributed by atoms with Crippen LogP contribution in [0, 0.1) is 11.2 Å². The van der Waals surface area contributed by atoms with Crippen LogP contribution in [0.3, 0.4) is 0 Å². The Bertz CT molecular complexity index is 1190. The summed E-state index contributed by atoms with van der Waals surface area (Å²) in [5.41, 5.74) is 10.6. The lowest BCUT2D eigenvalue weighted by atomic mass is 9.98. The molecule has 0 aliphatic rings. The van der Waals surface area contributed by atoms with Crippen molar-refractivity contribution < 1.29 is 4.39 Å². The summed E-state index contributed by atoms with van der Waals surface area (Å²) in [4.78, 5) is 4.44. The van der Waals surface area contributed by atoms with E-state index in [-0.39, 0.29) is 11.5 Å². The van der Waals surface area contributed by atoms with Crippen LogP contribution >= 0.6 is 11.6 Å². The van der Waals surface area contributed by atoms with Crippen LogP contribution in [0.2, 0.25) is 5.02 Å². The lowest BCUT2D eigenvalue weighted by molar-refractivity contribution is 0.628. The van der Waals surface area contributed by atoms with Gasteiger partial charge in [-0.15, -0.1) is 0 Å². The second kappa shape index (κ2) is 7.29. The lowest BCUT2D eigenvalue weighted by Crippen LogP contribution is -2.06. The molecular formula is C22H16ClFN4. The number of nitrogens with zero attached hydrogens (tertiary/aromatic N) is 2. The number of imidazole rings is 1. The maximum Gasteiger partial charge on any atom is 0.137 e. The first-order valence-corrected chi connectivity index (χ1v) is 8.95. The highest BCUT2D eigenvalue weighted by molar-refractivity contribution is 6.30. The molecule has 0 fully saturated rings. The predicted molar refractivity (Wildman–Crippen MR) is 111 cm³/mol. The molecule has 138 valence electrons. The van der Waals surface area contributed by atoms with Crippen molar-refractivity contribution in [2.24, 2.45) is 5.73 Å². The van der Waals surface area contributed by atoms with Crippen LogP contribution in [0.5, 0.6) is 0 Å². The molecular weight excluding hydrogens is 375 g/mol. The highest BCUT2D eigenvalue weighted by Gasteiger charge is 2.13. The molecule has 2 aromatic heterocycles. The Morgan fingerprint density at radius 2 is 1.68 bits per heavy atom. The maximum absolute atomic E-state index is 13.2. The van der Waals surface area contributed by atoms with Crippen molar-refractivity contribution in [2.75, 3.05) is 0 Å². The van der Waals surface area contributed by atoms with Crippen LogP contribution < -0.4 is 5.73 Å². The third-order valence-electron chi connectivity index (χ3n) is 4.53. The Morgan fingerprint density at radius 1 is 1.00 bits per heavy atom. The summed E-state index contributed by atoms with van der Waals surface area (Å²) >= 11 is 5.99. The molecule has 0 unspecified atom stereocenters. The first kappa shape index (κ1) is 17.9. The molecule has 0 spiro atoms. The van der Waals surface area contributed by atoms with E-state index in [1.54, 1.807) is 18.3 Å². The Hall–Kier alpha value is -3.44. The van der Waals surface area contributed by atoms with E-state index in [0.717, 1.165) is 22.5 Å². The molecule has 28 heavy (non-hydrogen) atoms. The van der Waals surface area contributed by atoms with E-state index in [0.29, 0.717) is 16.2 Å². The van der Waals surface area contributed by atoms with E-state index in [4.69, 9.17) is 22.7 Å². The van der Waals surface area contributed by atoms with Gasteiger partial charge in [-0.1, -0.05) is 23.7 Å². The highest BCUT2D eigenvalue weighted by Crippen LogP contribution is 2.26. The van der Waals surface area contributed by atoms with Crippen LogP contribution in [-0.4, -0.2) is 15.1 Å². The van der Waals surface area contributed by atoms with Gasteiger partial charge in [-0.25, -0.2) is 9.37 Å². The van der Waals surface area contributed by atoms with E-state index in [1.165, 1.54) is 18.3 Å². The van der Waals surface area contributed by atoms with Crippen molar-refractivity contribution in [3.63, 3.8) is 0 Å². The molecule has 4 nitrogen and oxygen atoms in total. The van der Waals surface area contributed by atoms with Crippen LogP contribution in [0.25, 0.3) is 22.5 Å². The van der Waals surface area contributed by atoms with Gasteiger partial charge >= 0.3 is 0 Å². The van der Waals surface area contributed by atoms with Crippen molar-refractivity contribution in [2.45, 2.75) is 0 Å². The number of nitrogens with two attached hydrogens (primary N) is 1. The zero-order valence-electron chi connectivity index (χ0n) is 14.7. The summed E-state index contributed by atoms with van der Waals surface area (Å²) in [6.07, 6.45) is 5.08. The Labute approximate surface area is 166 Å². The van der Waals surface area contributed by atoms with Crippen LogP contribution in [0.4, 0.5) is 4.39 Å². The molecule has 4 aromatic rings. The SMILES string of the molecule is N=C(/C(=C\N)c1ccc2ncc(-c3ccc(Cl)cc3)n2c1)c1ccc(F)cc1. The van der Waals surface area contributed by atoms with Crippen molar-refractivity contribution >= 4 is 28.5 Å². The summed E-state index contributed by atoms with van der Waals surface area (Å²) in [6, 6.07) is 17.0. The standard InChI is InChI=1S/C22H16ClFN4/c23-17-6-1-14(2-7-17)20-12-27-21-10-5-16(13-28(20)21)19(11-25)22(26)15-3-8-18(24)9-4-15/h1-13,26H,25H2/b19-11-,26-22?. The molecule has 6 heteroatoms. The molecule has 2 aromatic carbocycles. The minimum absolute atomic E-state index is 0.218. The van der Waals surface area contributed by atoms with Crippen LogP contribution in [0.15, 0.2) is 79.3 Å². The zero-order valence-corrected chi connectivity index (χ0v) is 15.5. The molecule has 3 N–H and O–H groups in total. The van der Waals surface area contributed by atoms with Gasteiger partial charge < -0.3 is 5.73 Å². The molecule has 4 rings (SSSR count). The molecule has 0 atom stereocenters. The minimum atomic E-state index is -0.345. The van der Waals surface area contributed by atoms with Crippen molar-refractivity contribution in [3.8, 4) is 11.3 Å². The summed E-state index contributed by atoms with van der Waals surface area (Å²) in [6.45, 7) is 0. The Kier molecular flexibility index (Phi) is 4.67. The number of rotatable bonds is 4. The van der Waals surface area contributed by atoms with Crippen LogP contribution in [-0.2, 0) is 0 Å². The fourth-order valence-corrected chi connectivity index (χ4v) is 3.20. The Balaban J connectivity index is 1.77. The van der Waals surface area contributed by atoms with Gasteiger partial charge in [0, 0.05) is 39.7 Å². The summed E-state index contributed by atoms with van der Waals surface area (Å²) in [7, 11) is 0. The zero-order chi connectivity index (χ0) is 19.7. The van der Waals surface area contributed by atoms with Gasteiger partial charge in [0.05, 0.1) is 17.6 Å². The fourth-order valence-electron chi connectivity index (χ4n) is 3.07. The van der Waals surface area contributed by atoms with Gasteiger partial charge in [-0.05, 0) is 48.5 Å². The molecule has 0 amide bonds. The topological polar surface area (TPSA) is 67.2 Å². The van der Waals surface area contributed by atoms with Gasteiger partial charge in [-0.2, -0.15) is 0 Å². The second-order valence-corrected chi connectivity index (χ2v) is 6.69. The minimum Gasteiger partial charge on any atom is -0.404 e. The van der Waals surface area contributed by atoms with Gasteiger partial charge in [0.2, 0.25) is 0 Å². The van der Waals surface area contributed by atoms with Crippen molar-refractivity contribution in [1.29, 1.82) is 5.41 Å². The van der Waals surface area contributed by atoms with E-state index in [1.807, 2.05) is 47.0 Å². The number of pyridine rings is 1. The van der Waals surface area contributed by atoms with Gasteiger partial charge in [0.15, 0.2) is 0 Å². The normalized spacial score (nSPS) is 11.7. The number of halogens is 2. The number of benzene rings is 2. The van der Waals surface area contributed by atoms with Crippen LogP contribution in [0.1, 0.15) is 11.1 Å². The molecule has 0 saturated carbocycles. The molecule has 0 aliphatic heterocycles. The average molecular weight is 391 g/mol. The first-order valence-electron chi connectivity index (χ1n) is 8.57. The van der Waals surface area contributed by atoms with E-state index in [9.17, 15) is 4.39 Å². The Morgan fingerprint density at radius 3 is 2.36 bits per heavy atom. The first-order chi connectivity index (χ1) is 13.6. The summed E-state index contributed by atoms with van der Waals surface area (Å²) in [5.74, 6) is -0.345. The van der Waals surface area contributed by atoms with Crippen molar-refractivity contribution in [1.82, 2.24) is 9.38 Å². The lowest BCUT2D eigenvalue weighted by Gasteiger charge is -2.11. The van der Waals surface area contributed by atoms with E-state index < -0.39 is 0 Å². The van der Waals surface area contributed by atoms with E-state index in [2.05, 4.69) is 4.98 Å². The summed E-state index contributed by atoms with van der Waals surface area (Å²) < 4.78 is 15.1. The van der Waals surface area contributed by atoms with Gasteiger partial charge in [0.1, 0.15) is 11.5 Å². The van der Waals surface area contributed by atoms with E-state index >= 15 is 0 Å². The molecule has 2 heterocycles. The number of hydrogen-bond donors (Lipinski definition) is 2. The fraction of sp³-hybridized carbons (Fsp3) is 0. The third-order valence-corrected chi connectivity index (χ3v) is 4.78. The van der Waals surface area contributed by atoms with Gasteiger partial charge in [0.25, 0.3) is 0 Å². The predicted octanol–water partition coefficient (Wildman–Crippen LogP) is 5.16. The molecule has 0 saturated heterocycles. The third kappa shape index (κ3) is 3.28. The number of nitrogens with one attached hydrogen (secondary N) is 1. The smallest absolute Gasteiger partial charge is 0.137 e. The number of fused-ring (bicyclic) bond motifs is 1. The quantitative estimate of drug-likeness (QED) is 0.472.